The zero-order valence-corrected chi connectivity index (χ0v) is 31.5. The molecule has 0 aromatic carbocycles. The Kier molecular flexibility index (Phi) is 22.3. The molecule has 1 rings (SSSR count). The Balaban J connectivity index is 3.38. The molecule has 3 unspecified atom stereocenters. The van der Waals surface area contributed by atoms with Crippen LogP contribution in [0.5, 0.6) is 0 Å². The van der Waals surface area contributed by atoms with E-state index in [2.05, 4.69) is 53.8 Å². The van der Waals surface area contributed by atoms with Crippen LogP contribution in [0.1, 0.15) is 127 Å². The maximum absolute atomic E-state index is 12.9. The van der Waals surface area contributed by atoms with Gasteiger partial charge in [-0.1, -0.05) is 86.3 Å². The first-order valence-corrected chi connectivity index (χ1v) is 18.3. The average molecular weight is 674 g/mol. The summed E-state index contributed by atoms with van der Waals surface area (Å²) in [5.74, 6) is 0. The van der Waals surface area contributed by atoms with Crippen LogP contribution in [0, 0.1) is 5.41 Å². The molecule has 10 nitrogen and oxygen atoms in total. The van der Waals surface area contributed by atoms with Crippen molar-refractivity contribution in [2.75, 3.05) is 39.6 Å². The van der Waals surface area contributed by atoms with Gasteiger partial charge < -0.3 is 43.6 Å². The van der Waals surface area contributed by atoms with Crippen molar-refractivity contribution in [1.82, 2.24) is 5.32 Å². The molecule has 1 saturated heterocycles. The van der Waals surface area contributed by atoms with Gasteiger partial charge in [-0.3, -0.25) is 0 Å². The highest BCUT2D eigenvalue weighted by molar-refractivity contribution is 5.68. The first-order chi connectivity index (χ1) is 22.3. The Morgan fingerprint density at radius 2 is 1.32 bits per heavy atom. The minimum Gasteiger partial charge on any atom is -0.444 e. The molecule has 0 spiro atoms. The monoisotopic (exact) mass is 674 g/mol. The lowest BCUT2D eigenvalue weighted by Gasteiger charge is -2.46. The average Bonchev–Trinajstić information content (AvgIpc) is 2.98. The predicted molar refractivity (Wildman–Crippen MR) is 187 cm³/mol. The van der Waals surface area contributed by atoms with Gasteiger partial charge in [-0.15, -0.1) is 0 Å². The fourth-order valence-electron chi connectivity index (χ4n) is 4.83. The molecule has 0 aromatic heterocycles. The fraction of sp³-hybridized carbons (Fsp3) is 0.919. The second kappa shape index (κ2) is 24.0. The first-order valence-electron chi connectivity index (χ1n) is 18.3. The first kappa shape index (κ1) is 43.8. The smallest absolute Gasteiger partial charge is 0.408 e. The lowest BCUT2D eigenvalue weighted by atomic mass is 9.92. The van der Waals surface area contributed by atoms with Crippen LogP contribution >= 0.6 is 0 Å². The zero-order valence-electron chi connectivity index (χ0n) is 31.5. The van der Waals surface area contributed by atoms with Gasteiger partial charge in [-0.25, -0.2) is 4.79 Å². The Morgan fingerprint density at radius 3 is 1.85 bits per heavy atom. The molecule has 10 heteroatoms. The number of allylic oxidation sites excluding steroid dienone is 1. The highest BCUT2D eigenvalue weighted by Crippen LogP contribution is 2.30. The Hall–Kier alpha value is -1.27. The van der Waals surface area contributed by atoms with Gasteiger partial charge in [0.15, 0.2) is 6.29 Å². The van der Waals surface area contributed by atoms with Gasteiger partial charge in [0.2, 0.25) is 0 Å². The third-order valence-corrected chi connectivity index (χ3v) is 7.56. The van der Waals surface area contributed by atoms with E-state index in [1.54, 1.807) is 26.8 Å². The van der Waals surface area contributed by atoms with E-state index in [-0.39, 0.29) is 12.0 Å². The number of carbonyl (C=O) groups excluding carboxylic acids is 1. The summed E-state index contributed by atoms with van der Waals surface area (Å²) in [5, 5.41) is 14.0. The van der Waals surface area contributed by atoms with Crippen LogP contribution in [-0.2, 0) is 33.2 Å². The summed E-state index contributed by atoms with van der Waals surface area (Å²) in [7, 11) is 0. The fourth-order valence-corrected chi connectivity index (χ4v) is 4.83. The molecule has 1 heterocycles. The van der Waals surface area contributed by atoms with Gasteiger partial charge >= 0.3 is 6.09 Å². The number of amides is 1. The third kappa shape index (κ3) is 19.5. The van der Waals surface area contributed by atoms with Crippen LogP contribution in [0.3, 0.4) is 0 Å². The molecule has 2 N–H and O–H groups in total. The number of hydrogen-bond acceptors (Lipinski definition) is 9. The lowest BCUT2D eigenvalue weighted by molar-refractivity contribution is -0.325. The third-order valence-electron chi connectivity index (χ3n) is 7.56. The highest BCUT2D eigenvalue weighted by atomic mass is 16.7. The minimum absolute atomic E-state index is 0.0506. The van der Waals surface area contributed by atoms with Crippen molar-refractivity contribution < 1.29 is 43.1 Å². The number of hydrogen-bond donors (Lipinski definition) is 2. The number of carbonyl (C=O) groups is 1. The van der Waals surface area contributed by atoms with E-state index in [0.717, 1.165) is 57.8 Å². The van der Waals surface area contributed by atoms with Crippen molar-refractivity contribution in [3.8, 4) is 0 Å². The molecule has 1 aliphatic heterocycles. The quantitative estimate of drug-likeness (QED) is 0.0802. The van der Waals surface area contributed by atoms with Gasteiger partial charge in [0.05, 0.1) is 25.4 Å². The summed E-state index contributed by atoms with van der Waals surface area (Å²) in [6.07, 6.45) is 7.62. The van der Waals surface area contributed by atoms with Crippen LogP contribution in [0.2, 0.25) is 0 Å². The van der Waals surface area contributed by atoms with E-state index in [9.17, 15) is 9.90 Å². The number of alkyl carbamates (subject to hydrolysis) is 1. The Labute approximate surface area is 286 Å². The van der Waals surface area contributed by atoms with Crippen LogP contribution in [-0.4, -0.2) is 99.3 Å². The number of aliphatic hydroxyl groups is 1. The molecule has 0 aliphatic carbocycles. The van der Waals surface area contributed by atoms with E-state index in [0.29, 0.717) is 33.0 Å². The standard InChI is InChI=1S/C37H71NO9/c1-11-15-22-41-27-30-31(42-23-16-12-2)32(43-24-17-13-3)33(44-25-18-14-4)34(46-30)45-26-28(38-35(40)47-37(8,9)10)29(39)20-19-21-36(5,6)7/h19-20,28-34,39H,11-18,21-27H2,1-10H3,(H,38,40)/b20-19+/t28-,29+,30?,31-,32?,33?,34-/m0/s1. The molecule has 7 atom stereocenters. The molecule has 0 aromatic rings. The van der Waals surface area contributed by atoms with E-state index in [1.807, 2.05) is 6.08 Å². The van der Waals surface area contributed by atoms with E-state index in [1.165, 1.54) is 0 Å². The molecule has 47 heavy (non-hydrogen) atoms. The van der Waals surface area contributed by atoms with Gasteiger partial charge in [0.25, 0.3) is 0 Å². The summed E-state index contributed by atoms with van der Waals surface area (Å²) in [5.41, 5.74) is -0.648. The normalized spacial score (nSPS) is 23.6. The van der Waals surface area contributed by atoms with Crippen molar-refractivity contribution in [3.63, 3.8) is 0 Å². The Morgan fingerprint density at radius 1 is 0.787 bits per heavy atom. The molecular weight excluding hydrogens is 602 g/mol. The largest absolute Gasteiger partial charge is 0.444 e. The number of nitrogens with one attached hydrogen (secondary N) is 1. The molecule has 1 amide bonds. The number of unbranched alkanes of at least 4 members (excludes halogenated alkanes) is 4. The zero-order chi connectivity index (χ0) is 35.3. The molecule has 0 saturated carbocycles. The summed E-state index contributed by atoms with van der Waals surface area (Å²) < 4.78 is 44.1. The molecule has 0 radical (unpaired) electrons. The van der Waals surface area contributed by atoms with E-state index < -0.39 is 54.5 Å². The van der Waals surface area contributed by atoms with Crippen molar-refractivity contribution in [2.45, 2.75) is 175 Å². The van der Waals surface area contributed by atoms with Gasteiger partial charge in [-0.05, 0) is 58.3 Å². The highest BCUT2D eigenvalue weighted by Gasteiger charge is 2.49. The summed E-state index contributed by atoms with van der Waals surface area (Å²) in [4.78, 5) is 12.9. The summed E-state index contributed by atoms with van der Waals surface area (Å²) in [6, 6.07) is -0.807. The maximum Gasteiger partial charge on any atom is 0.408 e. The van der Waals surface area contributed by atoms with Gasteiger partial charge in [0.1, 0.15) is 30.0 Å². The van der Waals surface area contributed by atoms with Gasteiger partial charge in [0, 0.05) is 26.4 Å². The molecule has 278 valence electrons. The Bertz CT molecular complexity index is 826. The summed E-state index contributed by atoms with van der Waals surface area (Å²) in [6.45, 7) is 22.8. The van der Waals surface area contributed by atoms with Crippen molar-refractivity contribution >= 4 is 6.09 Å². The van der Waals surface area contributed by atoms with Crippen molar-refractivity contribution in [2.24, 2.45) is 5.41 Å². The lowest BCUT2D eigenvalue weighted by Crippen LogP contribution is -2.62. The molecule has 1 fully saturated rings. The van der Waals surface area contributed by atoms with E-state index in [4.69, 9.17) is 33.2 Å². The molecule has 1 aliphatic rings. The van der Waals surface area contributed by atoms with Gasteiger partial charge in [-0.2, -0.15) is 0 Å². The van der Waals surface area contributed by atoms with Crippen LogP contribution < -0.4 is 5.32 Å². The maximum atomic E-state index is 12.9. The van der Waals surface area contributed by atoms with Crippen molar-refractivity contribution in [1.29, 1.82) is 0 Å². The number of aliphatic hydroxyl groups excluding tert-OH is 1. The van der Waals surface area contributed by atoms with Crippen LogP contribution in [0.4, 0.5) is 4.79 Å². The van der Waals surface area contributed by atoms with Crippen LogP contribution in [0.15, 0.2) is 12.2 Å². The van der Waals surface area contributed by atoms with Crippen molar-refractivity contribution in [3.05, 3.63) is 12.2 Å². The van der Waals surface area contributed by atoms with Crippen LogP contribution in [0.25, 0.3) is 0 Å². The second-order valence-electron chi connectivity index (χ2n) is 14.8. The number of rotatable bonds is 24. The summed E-state index contributed by atoms with van der Waals surface area (Å²) >= 11 is 0. The predicted octanol–water partition coefficient (Wildman–Crippen LogP) is 7.35. The molecular formula is C37H71NO9. The second-order valence-corrected chi connectivity index (χ2v) is 14.8. The SMILES string of the molecule is CCCCOCC1O[C@H](OC[C@H](NC(=O)OC(C)(C)C)[C@H](O)/C=C/CC(C)(C)C)C(OCCCC)C(OCCCC)[C@H]1OCCCC. The topological polar surface area (TPSA) is 114 Å². The number of ether oxygens (including phenoxy) is 7. The minimum atomic E-state index is -1.03. The molecule has 0 bridgehead atoms. The van der Waals surface area contributed by atoms with E-state index >= 15 is 0 Å².